The topological polar surface area (TPSA) is 30.5 Å². The molecule has 0 spiro atoms. The van der Waals surface area contributed by atoms with E-state index in [1.807, 2.05) is 0 Å². The van der Waals surface area contributed by atoms with Gasteiger partial charge in [-0.1, -0.05) is 19.3 Å². The van der Waals surface area contributed by atoms with Crippen LogP contribution in [0.15, 0.2) is 0 Å². The van der Waals surface area contributed by atoms with Crippen LogP contribution in [-0.4, -0.2) is 32.1 Å². The molecule has 1 aliphatic rings. The van der Waals surface area contributed by atoms with Gasteiger partial charge in [0.05, 0.1) is 18.8 Å². The highest BCUT2D eigenvalue weighted by atomic mass is 16.7. The Labute approximate surface area is 86.2 Å². The Hall–Kier alpha value is -0.560. The molecule has 3 heteroatoms. The van der Waals surface area contributed by atoms with E-state index in [1.165, 1.54) is 0 Å². The maximum atomic E-state index is 5.40. The van der Waals surface area contributed by atoms with Gasteiger partial charge in [-0.3, -0.25) is 0 Å². The fraction of sp³-hybridized carbons (Fsp3) is 0.818. The average Bonchev–Trinajstić information content (AvgIpc) is 2.25. The highest BCUT2D eigenvalue weighted by Crippen LogP contribution is 2.05. The summed E-state index contributed by atoms with van der Waals surface area (Å²) in [6.45, 7) is 4.18. The second-order valence-electron chi connectivity index (χ2n) is 3.52. The van der Waals surface area contributed by atoms with Crippen molar-refractivity contribution in [2.45, 2.75) is 38.3 Å². The van der Waals surface area contributed by atoms with Crippen LogP contribution in [0.2, 0.25) is 0 Å². The quantitative estimate of drug-likeness (QED) is 0.670. The highest BCUT2D eigenvalue weighted by Gasteiger charge is 2.14. The van der Waals surface area contributed by atoms with Gasteiger partial charge in [0.15, 0.2) is 0 Å². The monoisotopic (exact) mass is 197 g/mol. The SMILES string of the molecule is C#CC(CCC)NCC1CCOCO1. The van der Waals surface area contributed by atoms with Gasteiger partial charge in [-0.2, -0.15) is 0 Å². The van der Waals surface area contributed by atoms with Gasteiger partial charge in [-0.25, -0.2) is 0 Å². The largest absolute Gasteiger partial charge is 0.355 e. The molecule has 0 saturated carbocycles. The van der Waals surface area contributed by atoms with Crippen LogP contribution in [0, 0.1) is 12.3 Å². The van der Waals surface area contributed by atoms with E-state index in [1.54, 1.807) is 0 Å². The normalized spacial score (nSPS) is 24.1. The molecule has 0 aromatic heterocycles. The van der Waals surface area contributed by atoms with Crippen LogP contribution in [0.5, 0.6) is 0 Å². The number of rotatable bonds is 5. The molecular formula is C11H19NO2. The lowest BCUT2D eigenvalue weighted by molar-refractivity contribution is -0.137. The van der Waals surface area contributed by atoms with Crippen LogP contribution >= 0.6 is 0 Å². The third-order valence-electron chi connectivity index (χ3n) is 2.34. The summed E-state index contributed by atoms with van der Waals surface area (Å²) in [6, 6.07) is 0.187. The Morgan fingerprint density at radius 1 is 1.64 bits per heavy atom. The lowest BCUT2D eigenvalue weighted by atomic mass is 10.1. The second-order valence-corrected chi connectivity index (χ2v) is 3.52. The summed E-state index contributed by atoms with van der Waals surface area (Å²) < 4.78 is 10.5. The van der Waals surface area contributed by atoms with E-state index in [2.05, 4.69) is 18.2 Å². The van der Waals surface area contributed by atoms with Crippen molar-refractivity contribution in [1.29, 1.82) is 0 Å². The van der Waals surface area contributed by atoms with Crippen molar-refractivity contribution in [2.24, 2.45) is 0 Å². The van der Waals surface area contributed by atoms with Crippen molar-refractivity contribution in [3.8, 4) is 12.3 Å². The fourth-order valence-electron chi connectivity index (χ4n) is 1.47. The van der Waals surface area contributed by atoms with E-state index >= 15 is 0 Å². The van der Waals surface area contributed by atoms with Crippen LogP contribution in [0.1, 0.15) is 26.2 Å². The maximum Gasteiger partial charge on any atom is 0.147 e. The van der Waals surface area contributed by atoms with E-state index in [-0.39, 0.29) is 12.1 Å². The number of terminal acetylenes is 1. The molecule has 14 heavy (non-hydrogen) atoms. The number of hydrogen-bond donors (Lipinski definition) is 1. The first-order valence-corrected chi connectivity index (χ1v) is 5.25. The van der Waals surface area contributed by atoms with Gasteiger partial charge in [0.25, 0.3) is 0 Å². The Balaban J connectivity index is 2.14. The molecule has 80 valence electrons. The van der Waals surface area contributed by atoms with E-state index in [0.717, 1.165) is 32.4 Å². The van der Waals surface area contributed by atoms with Crippen molar-refractivity contribution in [3.63, 3.8) is 0 Å². The Morgan fingerprint density at radius 2 is 2.50 bits per heavy atom. The smallest absolute Gasteiger partial charge is 0.147 e. The molecule has 3 nitrogen and oxygen atoms in total. The molecule has 1 aliphatic heterocycles. The van der Waals surface area contributed by atoms with Crippen LogP contribution in [-0.2, 0) is 9.47 Å². The first kappa shape index (κ1) is 11.5. The first-order chi connectivity index (χ1) is 6.86. The summed E-state index contributed by atoms with van der Waals surface area (Å²) in [7, 11) is 0. The van der Waals surface area contributed by atoms with Crippen molar-refractivity contribution in [1.82, 2.24) is 5.32 Å². The second kappa shape index (κ2) is 6.83. The van der Waals surface area contributed by atoms with Gasteiger partial charge in [-0.15, -0.1) is 6.42 Å². The zero-order chi connectivity index (χ0) is 10.2. The maximum absolute atomic E-state index is 5.40. The predicted octanol–water partition coefficient (Wildman–Crippen LogP) is 1.14. The zero-order valence-corrected chi connectivity index (χ0v) is 8.79. The summed E-state index contributed by atoms with van der Waals surface area (Å²) >= 11 is 0. The summed E-state index contributed by atoms with van der Waals surface area (Å²) in [5.74, 6) is 2.74. The van der Waals surface area contributed by atoms with Crippen LogP contribution in [0.4, 0.5) is 0 Å². The Kier molecular flexibility index (Phi) is 5.62. The molecule has 1 rings (SSSR count). The fourth-order valence-corrected chi connectivity index (χ4v) is 1.47. The molecular weight excluding hydrogens is 178 g/mol. The van der Waals surface area contributed by atoms with Gasteiger partial charge >= 0.3 is 0 Å². The molecule has 2 unspecified atom stereocenters. The van der Waals surface area contributed by atoms with Gasteiger partial charge in [-0.05, 0) is 12.8 Å². The van der Waals surface area contributed by atoms with E-state index in [0.29, 0.717) is 6.79 Å². The van der Waals surface area contributed by atoms with Gasteiger partial charge in [0.2, 0.25) is 0 Å². The van der Waals surface area contributed by atoms with Crippen LogP contribution in [0.3, 0.4) is 0 Å². The van der Waals surface area contributed by atoms with E-state index in [9.17, 15) is 0 Å². The van der Waals surface area contributed by atoms with E-state index < -0.39 is 0 Å². The molecule has 0 amide bonds. The summed E-state index contributed by atoms with van der Waals surface area (Å²) in [5.41, 5.74) is 0. The average molecular weight is 197 g/mol. The van der Waals surface area contributed by atoms with Crippen molar-refractivity contribution in [3.05, 3.63) is 0 Å². The van der Waals surface area contributed by atoms with Crippen molar-refractivity contribution >= 4 is 0 Å². The number of nitrogens with one attached hydrogen (secondary N) is 1. The van der Waals surface area contributed by atoms with Crippen molar-refractivity contribution in [2.75, 3.05) is 19.9 Å². The van der Waals surface area contributed by atoms with Crippen LogP contribution < -0.4 is 5.32 Å². The molecule has 2 atom stereocenters. The summed E-state index contributed by atoms with van der Waals surface area (Å²) in [5, 5.41) is 3.32. The summed E-state index contributed by atoms with van der Waals surface area (Å²) in [6.07, 6.45) is 8.75. The molecule has 1 fully saturated rings. The molecule has 0 radical (unpaired) electrons. The minimum Gasteiger partial charge on any atom is -0.355 e. The Bertz CT molecular complexity index is 182. The molecule has 0 aromatic rings. The van der Waals surface area contributed by atoms with Crippen LogP contribution in [0.25, 0.3) is 0 Å². The standard InChI is InChI=1S/C11H19NO2/c1-3-5-10(4-2)12-8-11-6-7-13-9-14-11/h2,10-12H,3,5-9H2,1H3. The number of hydrogen-bond acceptors (Lipinski definition) is 3. The molecule has 1 heterocycles. The third-order valence-corrected chi connectivity index (χ3v) is 2.34. The van der Waals surface area contributed by atoms with Gasteiger partial charge in [0.1, 0.15) is 6.79 Å². The first-order valence-electron chi connectivity index (χ1n) is 5.25. The van der Waals surface area contributed by atoms with Gasteiger partial charge in [0, 0.05) is 6.54 Å². The molecule has 0 aliphatic carbocycles. The molecule has 0 aromatic carbocycles. The predicted molar refractivity (Wildman–Crippen MR) is 55.8 cm³/mol. The lowest BCUT2D eigenvalue weighted by Crippen LogP contribution is -2.38. The zero-order valence-electron chi connectivity index (χ0n) is 8.79. The van der Waals surface area contributed by atoms with E-state index in [4.69, 9.17) is 15.9 Å². The molecule has 1 N–H and O–H groups in total. The minimum atomic E-state index is 0.187. The molecule has 1 saturated heterocycles. The Morgan fingerprint density at radius 3 is 3.07 bits per heavy atom. The molecule has 0 bridgehead atoms. The van der Waals surface area contributed by atoms with Crippen molar-refractivity contribution < 1.29 is 9.47 Å². The number of ether oxygens (including phenoxy) is 2. The highest BCUT2D eigenvalue weighted by molar-refractivity contribution is 4.98. The lowest BCUT2D eigenvalue weighted by Gasteiger charge is -2.24. The minimum absolute atomic E-state index is 0.187. The van der Waals surface area contributed by atoms with Gasteiger partial charge < -0.3 is 14.8 Å². The summed E-state index contributed by atoms with van der Waals surface area (Å²) in [4.78, 5) is 0. The third kappa shape index (κ3) is 4.10.